The number of ketones is 1. The first kappa shape index (κ1) is 14.2. The van der Waals surface area contributed by atoms with E-state index in [0.717, 1.165) is 6.26 Å². The number of carbonyl (C=O) groups excluding carboxylic acids is 1. The highest BCUT2D eigenvalue weighted by Gasteiger charge is 2.15. The highest BCUT2D eigenvalue weighted by molar-refractivity contribution is 7.99. The van der Waals surface area contributed by atoms with Crippen LogP contribution >= 0.6 is 11.8 Å². The first-order chi connectivity index (χ1) is 7.90. The van der Waals surface area contributed by atoms with Crippen LogP contribution in [0.15, 0.2) is 28.0 Å². The van der Waals surface area contributed by atoms with Crippen LogP contribution in [0.1, 0.15) is 16.8 Å². The SMILES string of the molecule is CSc1ccc(C(=O)CCN)cc1S(C)(=O)=O. The number of sulfone groups is 1. The molecule has 0 radical (unpaired) electrons. The van der Waals surface area contributed by atoms with Gasteiger partial charge in [0.15, 0.2) is 15.6 Å². The summed E-state index contributed by atoms with van der Waals surface area (Å²) in [6, 6.07) is 4.72. The van der Waals surface area contributed by atoms with Gasteiger partial charge in [0.05, 0.1) is 4.90 Å². The highest BCUT2D eigenvalue weighted by atomic mass is 32.2. The van der Waals surface area contributed by atoms with Gasteiger partial charge in [-0.25, -0.2) is 8.42 Å². The van der Waals surface area contributed by atoms with Gasteiger partial charge < -0.3 is 5.73 Å². The first-order valence-corrected chi connectivity index (χ1v) is 8.13. The van der Waals surface area contributed by atoms with Crippen molar-refractivity contribution in [3.05, 3.63) is 23.8 Å². The van der Waals surface area contributed by atoms with Gasteiger partial charge in [0.1, 0.15) is 0 Å². The molecule has 0 aliphatic heterocycles. The van der Waals surface area contributed by atoms with Gasteiger partial charge in [-0.15, -0.1) is 11.8 Å². The van der Waals surface area contributed by atoms with Crippen molar-refractivity contribution in [3.8, 4) is 0 Å². The highest BCUT2D eigenvalue weighted by Crippen LogP contribution is 2.26. The Hall–Kier alpha value is -0.850. The number of carbonyl (C=O) groups is 1. The molecular formula is C11H15NO3S2. The maximum absolute atomic E-state index is 11.6. The summed E-state index contributed by atoms with van der Waals surface area (Å²) in [5.41, 5.74) is 5.70. The van der Waals surface area contributed by atoms with Crippen LogP contribution in [-0.4, -0.2) is 33.3 Å². The summed E-state index contributed by atoms with van der Waals surface area (Å²) in [6.45, 7) is 0.261. The molecule has 2 N–H and O–H groups in total. The Morgan fingerprint density at radius 1 is 1.41 bits per heavy atom. The van der Waals surface area contributed by atoms with Crippen molar-refractivity contribution >= 4 is 27.4 Å². The topological polar surface area (TPSA) is 77.2 Å². The number of hydrogen-bond donors (Lipinski definition) is 1. The average Bonchev–Trinajstić information content (AvgIpc) is 2.27. The maximum Gasteiger partial charge on any atom is 0.176 e. The monoisotopic (exact) mass is 273 g/mol. The molecule has 6 heteroatoms. The molecule has 0 spiro atoms. The van der Waals surface area contributed by atoms with Crippen molar-refractivity contribution in [2.45, 2.75) is 16.2 Å². The molecule has 0 atom stereocenters. The number of benzene rings is 1. The van der Waals surface area contributed by atoms with E-state index in [0.29, 0.717) is 10.5 Å². The predicted molar refractivity (Wildman–Crippen MR) is 69.3 cm³/mol. The Morgan fingerprint density at radius 2 is 2.06 bits per heavy atom. The molecule has 0 amide bonds. The van der Waals surface area contributed by atoms with E-state index in [2.05, 4.69) is 0 Å². The summed E-state index contributed by atoms with van der Waals surface area (Å²) in [5, 5.41) is 0. The Kier molecular flexibility index (Phi) is 4.73. The Bertz CT molecular complexity index is 524. The van der Waals surface area contributed by atoms with Gasteiger partial charge in [0.25, 0.3) is 0 Å². The van der Waals surface area contributed by atoms with Gasteiger partial charge in [0, 0.05) is 23.1 Å². The quantitative estimate of drug-likeness (QED) is 0.647. The molecule has 17 heavy (non-hydrogen) atoms. The van der Waals surface area contributed by atoms with Gasteiger partial charge >= 0.3 is 0 Å². The standard InChI is InChI=1S/C11H15NO3S2/c1-16-10-4-3-8(9(13)5-6-12)7-11(10)17(2,14)15/h3-4,7H,5-6,12H2,1-2H3. The van der Waals surface area contributed by atoms with E-state index in [1.54, 1.807) is 18.4 Å². The molecular weight excluding hydrogens is 258 g/mol. The van der Waals surface area contributed by atoms with Crippen molar-refractivity contribution in [2.75, 3.05) is 19.1 Å². The van der Waals surface area contributed by atoms with Gasteiger partial charge in [-0.2, -0.15) is 0 Å². The number of hydrogen-bond acceptors (Lipinski definition) is 5. The summed E-state index contributed by atoms with van der Waals surface area (Å²) >= 11 is 1.34. The molecule has 94 valence electrons. The summed E-state index contributed by atoms with van der Waals surface area (Å²) in [6.07, 6.45) is 3.16. The summed E-state index contributed by atoms with van der Waals surface area (Å²) in [4.78, 5) is 12.5. The lowest BCUT2D eigenvalue weighted by molar-refractivity contribution is 0.0985. The number of nitrogens with two attached hydrogens (primary N) is 1. The van der Waals surface area contributed by atoms with Crippen LogP contribution < -0.4 is 5.73 Å². The van der Waals surface area contributed by atoms with E-state index in [4.69, 9.17) is 5.73 Å². The third-order valence-corrected chi connectivity index (χ3v) is 4.32. The van der Waals surface area contributed by atoms with Crippen molar-refractivity contribution in [1.82, 2.24) is 0 Å². The second kappa shape index (κ2) is 5.66. The van der Waals surface area contributed by atoms with E-state index in [9.17, 15) is 13.2 Å². The molecule has 0 saturated heterocycles. The molecule has 1 aromatic rings. The van der Waals surface area contributed by atoms with Crippen molar-refractivity contribution < 1.29 is 13.2 Å². The van der Waals surface area contributed by atoms with E-state index in [1.165, 1.54) is 17.8 Å². The van der Waals surface area contributed by atoms with Gasteiger partial charge in [-0.05, 0) is 24.9 Å². The number of thioether (sulfide) groups is 1. The molecule has 1 aromatic carbocycles. The van der Waals surface area contributed by atoms with Crippen LogP contribution in [-0.2, 0) is 9.84 Å². The molecule has 1 rings (SSSR count). The lowest BCUT2D eigenvalue weighted by Crippen LogP contribution is -2.09. The minimum absolute atomic E-state index is 0.134. The molecule has 0 unspecified atom stereocenters. The lowest BCUT2D eigenvalue weighted by Gasteiger charge is -2.07. The zero-order chi connectivity index (χ0) is 13.1. The second-order valence-corrected chi connectivity index (χ2v) is 6.43. The molecule has 0 aliphatic rings. The van der Waals surface area contributed by atoms with Crippen LogP contribution in [0.3, 0.4) is 0 Å². The van der Waals surface area contributed by atoms with Gasteiger partial charge in [0.2, 0.25) is 0 Å². The molecule has 4 nitrogen and oxygen atoms in total. The minimum Gasteiger partial charge on any atom is -0.330 e. The predicted octanol–water partition coefficient (Wildman–Crippen LogP) is 1.34. The third kappa shape index (κ3) is 3.55. The summed E-state index contributed by atoms with van der Waals surface area (Å²) in [5.74, 6) is -0.134. The fraction of sp³-hybridized carbons (Fsp3) is 0.364. The zero-order valence-corrected chi connectivity index (χ0v) is 11.4. The molecule has 0 aliphatic carbocycles. The first-order valence-electron chi connectivity index (χ1n) is 5.01. The second-order valence-electron chi connectivity index (χ2n) is 3.60. The Labute approximate surface area is 106 Å². The lowest BCUT2D eigenvalue weighted by atomic mass is 10.1. The smallest absolute Gasteiger partial charge is 0.176 e. The van der Waals surface area contributed by atoms with Crippen molar-refractivity contribution in [3.63, 3.8) is 0 Å². The largest absolute Gasteiger partial charge is 0.330 e. The van der Waals surface area contributed by atoms with E-state index in [-0.39, 0.29) is 23.6 Å². The summed E-state index contributed by atoms with van der Waals surface area (Å²) < 4.78 is 23.2. The van der Waals surface area contributed by atoms with Crippen LogP contribution in [0.5, 0.6) is 0 Å². The Morgan fingerprint density at radius 3 is 2.53 bits per heavy atom. The molecule has 0 bridgehead atoms. The Balaban J connectivity index is 3.28. The number of rotatable bonds is 5. The van der Waals surface area contributed by atoms with Crippen molar-refractivity contribution in [1.29, 1.82) is 0 Å². The van der Waals surface area contributed by atoms with E-state index in [1.807, 2.05) is 0 Å². The van der Waals surface area contributed by atoms with Crippen molar-refractivity contribution in [2.24, 2.45) is 5.73 Å². The number of Topliss-reactive ketones (excluding diaryl/α,β-unsaturated/α-hetero) is 1. The van der Waals surface area contributed by atoms with Gasteiger partial charge in [-0.1, -0.05) is 6.07 Å². The average molecular weight is 273 g/mol. The normalized spacial score (nSPS) is 11.5. The zero-order valence-electron chi connectivity index (χ0n) is 9.76. The molecule has 0 aromatic heterocycles. The fourth-order valence-electron chi connectivity index (χ4n) is 1.42. The maximum atomic E-state index is 11.6. The van der Waals surface area contributed by atoms with Crippen LogP contribution in [0.25, 0.3) is 0 Å². The van der Waals surface area contributed by atoms with Crippen LogP contribution in [0, 0.1) is 0 Å². The van der Waals surface area contributed by atoms with Crippen LogP contribution in [0.4, 0.5) is 0 Å². The third-order valence-electron chi connectivity index (χ3n) is 2.26. The van der Waals surface area contributed by atoms with E-state index >= 15 is 0 Å². The fourth-order valence-corrected chi connectivity index (χ4v) is 3.36. The molecule has 0 saturated carbocycles. The van der Waals surface area contributed by atoms with E-state index < -0.39 is 9.84 Å². The molecule has 0 fully saturated rings. The minimum atomic E-state index is -3.32. The van der Waals surface area contributed by atoms with Gasteiger partial charge in [-0.3, -0.25) is 4.79 Å². The summed E-state index contributed by atoms with van der Waals surface area (Å²) in [7, 11) is -3.32. The molecule has 0 heterocycles. The van der Waals surface area contributed by atoms with Crippen LogP contribution in [0.2, 0.25) is 0 Å².